The molecule has 0 aromatic heterocycles. The molecule has 0 spiro atoms. The van der Waals surface area contributed by atoms with E-state index in [0.29, 0.717) is 29.7 Å². The zero-order chi connectivity index (χ0) is 16.6. The van der Waals surface area contributed by atoms with E-state index in [-0.39, 0.29) is 0 Å². The topological polar surface area (TPSA) is 40.6 Å². The lowest BCUT2D eigenvalue weighted by atomic mass is 9.95. The molecule has 0 N–H and O–H groups in total. The van der Waals surface area contributed by atoms with Crippen molar-refractivity contribution in [3.8, 4) is 0 Å². The Hall–Kier alpha value is -1.06. The van der Waals surface area contributed by atoms with E-state index < -0.39 is 0 Å². The Kier molecular flexibility index (Phi) is 9.31. The van der Waals surface area contributed by atoms with E-state index in [4.69, 9.17) is 0 Å². The SMILES string of the molecule is CC.CC(C)C1CC(=O)N(C(C)C)C1.CN1CCCC1=O. The van der Waals surface area contributed by atoms with Gasteiger partial charge < -0.3 is 9.80 Å². The summed E-state index contributed by atoms with van der Waals surface area (Å²) in [7, 11) is 1.84. The second-order valence-electron chi connectivity index (χ2n) is 6.27. The van der Waals surface area contributed by atoms with E-state index >= 15 is 0 Å². The van der Waals surface area contributed by atoms with Crippen molar-refractivity contribution in [2.24, 2.45) is 11.8 Å². The molecule has 0 aromatic rings. The fourth-order valence-electron chi connectivity index (χ4n) is 2.49. The average molecular weight is 298 g/mol. The standard InChI is InChI=1S/C10H19NO.C5H9NO.C2H6/c1-7(2)9-5-10(12)11(6-9)8(3)4;1-6-4-2-3-5(6)7;1-2/h7-9H,5-6H2,1-4H3;2-4H2,1H3;1-2H3. The van der Waals surface area contributed by atoms with Crippen molar-refractivity contribution in [2.45, 2.75) is 66.8 Å². The predicted octanol–water partition coefficient (Wildman–Crippen LogP) is 3.16. The minimum atomic E-state index is 0.292. The van der Waals surface area contributed by atoms with Gasteiger partial charge in [-0.15, -0.1) is 0 Å². The maximum Gasteiger partial charge on any atom is 0.223 e. The molecule has 4 heteroatoms. The summed E-state index contributed by atoms with van der Waals surface area (Å²) in [4.78, 5) is 25.7. The maximum atomic E-state index is 11.5. The van der Waals surface area contributed by atoms with Crippen molar-refractivity contribution in [3.05, 3.63) is 0 Å². The van der Waals surface area contributed by atoms with Crippen LogP contribution in [0.1, 0.15) is 60.8 Å². The summed E-state index contributed by atoms with van der Waals surface area (Å²) in [5, 5.41) is 0. The highest BCUT2D eigenvalue weighted by molar-refractivity contribution is 5.79. The van der Waals surface area contributed by atoms with E-state index in [2.05, 4.69) is 27.7 Å². The Labute approximate surface area is 130 Å². The molecule has 0 aliphatic carbocycles. The Bertz CT molecular complexity index is 327. The number of carbonyl (C=O) groups excluding carboxylic acids is 2. The summed E-state index contributed by atoms with van der Waals surface area (Å²) in [6, 6.07) is 0.376. The van der Waals surface area contributed by atoms with Crippen LogP contribution in [0.2, 0.25) is 0 Å². The molecular weight excluding hydrogens is 264 g/mol. The third-order valence-corrected chi connectivity index (χ3v) is 4.06. The van der Waals surface area contributed by atoms with Gasteiger partial charge in [0.1, 0.15) is 0 Å². The van der Waals surface area contributed by atoms with E-state index in [0.717, 1.165) is 32.4 Å². The first kappa shape index (κ1) is 19.9. The number of carbonyl (C=O) groups is 2. The molecule has 0 radical (unpaired) electrons. The molecule has 124 valence electrons. The highest BCUT2D eigenvalue weighted by atomic mass is 16.2. The summed E-state index contributed by atoms with van der Waals surface area (Å²) in [5.41, 5.74) is 0. The third kappa shape index (κ3) is 6.49. The number of nitrogens with zero attached hydrogens (tertiary/aromatic N) is 2. The summed E-state index contributed by atoms with van der Waals surface area (Å²) in [6.45, 7) is 14.5. The van der Waals surface area contributed by atoms with Crippen LogP contribution >= 0.6 is 0 Å². The smallest absolute Gasteiger partial charge is 0.223 e. The van der Waals surface area contributed by atoms with Crippen molar-refractivity contribution in [1.29, 1.82) is 0 Å². The van der Waals surface area contributed by atoms with E-state index in [1.807, 2.05) is 25.8 Å². The fourth-order valence-corrected chi connectivity index (χ4v) is 2.49. The molecular formula is C17H34N2O2. The van der Waals surface area contributed by atoms with Crippen LogP contribution in [0.5, 0.6) is 0 Å². The third-order valence-electron chi connectivity index (χ3n) is 4.06. The molecule has 4 nitrogen and oxygen atoms in total. The molecule has 1 atom stereocenters. The lowest BCUT2D eigenvalue weighted by Gasteiger charge is -2.21. The van der Waals surface area contributed by atoms with Gasteiger partial charge in [0.2, 0.25) is 11.8 Å². The number of hydrogen-bond donors (Lipinski definition) is 0. The number of hydrogen-bond acceptors (Lipinski definition) is 2. The van der Waals surface area contributed by atoms with Crippen molar-refractivity contribution in [3.63, 3.8) is 0 Å². The van der Waals surface area contributed by atoms with Crippen LogP contribution in [0.3, 0.4) is 0 Å². The van der Waals surface area contributed by atoms with Gasteiger partial charge in [0, 0.05) is 39.0 Å². The van der Waals surface area contributed by atoms with Crippen LogP contribution in [0.25, 0.3) is 0 Å². The molecule has 2 aliphatic rings. The first-order chi connectivity index (χ1) is 9.82. The van der Waals surface area contributed by atoms with Crippen LogP contribution in [-0.2, 0) is 9.59 Å². The number of amides is 2. The van der Waals surface area contributed by atoms with Gasteiger partial charge in [-0.1, -0.05) is 27.7 Å². The summed E-state index contributed by atoms with van der Waals surface area (Å²) < 4.78 is 0. The van der Waals surface area contributed by atoms with Crippen molar-refractivity contribution in [1.82, 2.24) is 9.80 Å². The zero-order valence-corrected chi connectivity index (χ0v) is 15.0. The van der Waals surface area contributed by atoms with E-state index in [9.17, 15) is 9.59 Å². The van der Waals surface area contributed by atoms with E-state index in [1.54, 1.807) is 4.90 Å². The molecule has 2 fully saturated rings. The Morgan fingerprint density at radius 3 is 1.81 bits per heavy atom. The minimum Gasteiger partial charge on any atom is -0.346 e. The van der Waals surface area contributed by atoms with Crippen LogP contribution in [-0.4, -0.2) is 47.8 Å². The Balaban J connectivity index is 0.000000377. The van der Waals surface area contributed by atoms with Crippen molar-refractivity contribution >= 4 is 11.8 Å². The zero-order valence-electron chi connectivity index (χ0n) is 15.0. The first-order valence-electron chi connectivity index (χ1n) is 8.36. The molecule has 0 saturated carbocycles. The van der Waals surface area contributed by atoms with E-state index in [1.165, 1.54) is 0 Å². The van der Waals surface area contributed by atoms with Gasteiger partial charge in [-0.25, -0.2) is 0 Å². The van der Waals surface area contributed by atoms with Crippen LogP contribution < -0.4 is 0 Å². The van der Waals surface area contributed by atoms with Gasteiger partial charge in [0.25, 0.3) is 0 Å². The maximum absolute atomic E-state index is 11.5. The fraction of sp³-hybridized carbons (Fsp3) is 0.882. The predicted molar refractivity (Wildman–Crippen MR) is 88.0 cm³/mol. The molecule has 2 saturated heterocycles. The van der Waals surface area contributed by atoms with Gasteiger partial charge in [0.05, 0.1) is 0 Å². The van der Waals surface area contributed by atoms with Gasteiger partial charge >= 0.3 is 0 Å². The van der Waals surface area contributed by atoms with Gasteiger partial charge in [-0.2, -0.15) is 0 Å². The highest BCUT2D eigenvalue weighted by Crippen LogP contribution is 2.25. The summed E-state index contributed by atoms with van der Waals surface area (Å²) in [5.74, 6) is 1.85. The highest BCUT2D eigenvalue weighted by Gasteiger charge is 2.32. The monoisotopic (exact) mass is 298 g/mol. The van der Waals surface area contributed by atoms with Crippen LogP contribution in [0, 0.1) is 11.8 Å². The average Bonchev–Trinajstić information content (AvgIpc) is 3.00. The van der Waals surface area contributed by atoms with Gasteiger partial charge in [-0.05, 0) is 32.1 Å². The molecule has 21 heavy (non-hydrogen) atoms. The first-order valence-corrected chi connectivity index (χ1v) is 8.36. The molecule has 0 bridgehead atoms. The number of likely N-dealkylation sites (tertiary alicyclic amines) is 2. The Morgan fingerprint density at radius 2 is 1.62 bits per heavy atom. The summed E-state index contributed by atoms with van der Waals surface area (Å²) >= 11 is 0. The lowest BCUT2D eigenvalue weighted by molar-refractivity contribution is -0.129. The van der Waals surface area contributed by atoms with Crippen molar-refractivity contribution in [2.75, 3.05) is 20.1 Å². The van der Waals surface area contributed by atoms with Gasteiger partial charge in [-0.3, -0.25) is 9.59 Å². The second kappa shape index (κ2) is 9.80. The largest absolute Gasteiger partial charge is 0.346 e. The van der Waals surface area contributed by atoms with Crippen LogP contribution in [0.4, 0.5) is 0 Å². The molecule has 2 aliphatic heterocycles. The lowest BCUT2D eigenvalue weighted by Crippen LogP contribution is -2.32. The van der Waals surface area contributed by atoms with Crippen molar-refractivity contribution < 1.29 is 9.59 Å². The molecule has 1 unspecified atom stereocenters. The molecule has 2 heterocycles. The Morgan fingerprint density at radius 1 is 1.05 bits per heavy atom. The number of rotatable bonds is 2. The van der Waals surface area contributed by atoms with Crippen LogP contribution in [0.15, 0.2) is 0 Å². The van der Waals surface area contributed by atoms with Gasteiger partial charge in [0.15, 0.2) is 0 Å². The summed E-state index contributed by atoms with van der Waals surface area (Å²) in [6.07, 6.45) is 2.57. The molecule has 0 aromatic carbocycles. The second-order valence-corrected chi connectivity index (χ2v) is 6.27. The molecule has 2 rings (SSSR count). The quantitative estimate of drug-likeness (QED) is 0.785. The minimum absolute atomic E-state index is 0.292. The normalized spacial score (nSPS) is 21.5. The molecule has 2 amide bonds.